The second kappa shape index (κ2) is 9.13. The zero-order valence-electron chi connectivity index (χ0n) is 18.2. The molecule has 0 unspecified atom stereocenters. The lowest BCUT2D eigenvalue weighted by molar-refractivity contribution is 0.340. The molecule has 6 heteroatoms. The summed E-state index contributed by atoms with van der Waals surface area (Å²) in [6, 6.07) is 16.8. The van der Waals surface area contributed by atoms with Crippen LogP contribution < -0.4 is 5.63 Å². The van der Waals surface area contributed by atoms with Gasteiger partial charge >= 0.3 is 5.63 Å². The summed E-state index contributed by atoms with van der Waals surface area (Å²) in [5.74, 6) is -0.602. The highest BCUT2D eigenvalue weighted by Crippen LogP contribution is 2.39. The minimum absolute atomic E-state index is 0.0305. The molecule has 0 bridgehead atoms. The fourth-order valence-corrected chi connectivity index (χ4v) is 3.94. The van der Waals surface area contributed by atoms with E-state index in [-0.39, 0.29) is 17.2 Å². The highest BCUT2D eigenvalue weighted by Gasteiger charge is 2.33. The third-order valence-corrected chi connectivity index (χ3v) is 5.15. The van der Waals surface area contributed by atoms with E-state index in [1.807, 2.05) is 71.5 Å². The van der Waals surface area contributed by atoms with Crippen molar-refractivity contribution >= 4 is 16.7 Å². The van der Waals surface area contributed by atoms with Crippen molar-refractivity contribution in [2.75, 3.05) is 34.7 Å². The minimum Gasteiger partial charge on any atom is -0.507 e. The first-order chi connectivity index (χ1) is 14.3. The lowest BCUT2D eigenvalue weighted by atomic mass is 9.78. The lowest BCUT2D eigenvalue weighted by Crippen LogP contribution is -2.35. The third kappa shape index (κ3) is 4.54. The molecule has 1 N–H and O–H groups in total. The van der Waals surface area contributed by atoms with Gasteiger partial charge in [-0.1, -0.05) is 42.5 Å². The summed E-state index contributed by atoms with van der Waals surface area (Å²) in [6.45, 7) is 2.61. The molecule has 0 aliphatic carbocycles. The van der Waals surface area contributed by atoms with E-state index in [0.29, 0.717) is 17.5 Å². The first-order valence-electron chi connectivity index (χ1n) is 9.96. The molecule has 0 amide bonds. The van der Waals surface area contributed by atoms with Gasteiger partial charge in [0, 0.05) is 38.2 Å². The second-order valence-electron chi connectivity index (χ2n) is 7.99. The van der Waals surface area contributed by atoms with Gasteiger partial charge in [0.05, 0.1) is 10.9 Å². The van der Waals surface area contributed by atoms with Crippen molar-refractivity contribution in [3.8, 4) is 5.75 Å². The van der Waals surface area contributed by atoms with Gasteiger partial charge < -0.3 is 19.4 Å². The fourth-order valence-electron chi connectivity index (χ4n) is 3.94. The smallest absolute Gasteiger partial charge is 0.343 e. The van der Waals surface area contributed by atoms with Crippen molar-refractivity contribution in [3.05, 3.63) is 76.1 Å². The number of para-hydroxylation sites is 1. The fraction of sp³-hybridized carbons (Fsp3) is 0.333. The number of nitrogens with zero attached hydrogens (tertiary/aromatic N) is 3. The maximum Gasteiger partial charge on any atom is 0.343 e. The molecule has 0 radical (unpaired) electrons. The summed E-state index contributed by atoms with van der Waals surface area (Å²) in [6.07, 6.45) is 0. The maximum atomic E-state index is 13.1. The Bertz CT molecular complexity index is 1090. The minimum atomic E-state index is -0.526. The van der Waals surface area contributed by atoms with Crippen LogP contribution in [-0.2, 0) is 0 Å². The van der Waals surface area contributed by atoms with E-state index < -0.39 is 11.5 Å². The Morgan fingerprint density at radius 2 is 1.67 bits per heavy atom. The summed E-state index contributed by atoms with van der Waals surface area (Å²) < 4.78 is 5.61. The molecule has 6 nitrogen and oxygen atoms in total. The number of rotatable bonds is 7. The van der Waals surface area contributed by atoms with Crippen LogP contribution in [0.2, 0.25) is 0 Å². The number of aromatic hydroxyl groups is 1. The summed E-state index contributed by atoms with van der Waals surface area (Å²) in [4.78, 5) is 15.2. The number of hydrogen-bond donors (Lipinski definition) is 1. The largest absolute Gasteiger partial charge is 0.507 e. The van der Waals surface area contributed by atoms with E-state index in [2.05, 4.69) is 10.0 Å². The highest BCUT2D eigenvalue weighted by molar-refractivity contribution is 5.88. The van der Waals surface area contributed by atoms with Crippen LogP contribution in [0, 0.1) is 5.92 Å². The van der Waals surface area contributed by atoms with Crippen molar-refractivity contribution in [2.45, 2.75) is 12.8 Å². The zero-order chi connectivity index (χ0) is 21.8. The van der Waals surface area contributed by atoms with E-state index in [1.54, 1.807) is 23.2 Å². The van der Waals surface area contributed by atoms with Gasteiger partial charge in [-0.15, -0.1) is 0 Å². The molecule has 3 rings (SSSR count). The average molecular weight is 408 g/mol. The van der Waals surface area contributed by atoms with Gasteiger partial charge in [-0.3, -0.25) is 0 Å². The lowest BCUT2D eigenvalue weighted by Gasteiger charge is -2.30. The third-order valence-electron chi connectivity index (χ3n) is 5.15. The molecule has 2 aromatic carbocycles. The van der Waals surface area contributed by atoms with Crippen molar-refractivity contribution in [1.82, 2.24) is 9.91 Å². The second-order valence-corrected chi connectivity index (χ2v) is 7.99. The van der Waals surface area contributed by atoms with Crippen molar-refractivity contribution in [2.24, 2.45) is 11.0 Å². The molecular formula is C24H29N3O3. The van der Waals surface area contributed by atoms with Crippen LogP contribution in [0.4, 0.5) is 0 Å². The van der Waals surface area contributed by atoms with Gasteiger partial charge in [-0.05, 0) is 38.7 Å². The maximum absolute atomic E-state index is 13.1. The Hall–Kier alpha value is -3.12. The summed E-state index contributed by atoms with van der Waals surface area (Å²) >= 11 is 0. The van der Waals surface area contributed by atoms with Gasteiger partial charge in [0.2, 0.25) is 0 Å². The molecule has 1 aromatic heterocycles. The van der Waals surface area contributed by atoms with Gasteiger partial charge in [-0.2, -0.15) is 5.10 Å². The highest BCUT2D eigenvalue weighted by atomic mass is 16.4. The van der Waals surface area contributed by atoms with E-state index >= 15 is 0 Å². The molecule has 0 saturated heterocycles. The van der Waals surface area contributed by atoms with Gasteiger partial charge in [-0.25, -0.2) is 4.79 Å². The first-order valence-corrected chi connectivity index (χ1v) is 9.96. The van der Waals surface area contributed by atoms with Crippen molar-refractivity contribution in [1.29, 1.82) is 0 Å². The molecule has 30 heavy (non-hydrogen) atoms. The van der Waals surface area contributed by atoms with Gasteiger partial charge in [0.15, 0.2) is 0 Å². The van der Waals surface area contributed by atoms with Crippen LogP contribution in [0.5, 0.6) is 5.75 Å². The molecule has 0 saturated carbocycles. The zero-order valence-corrected chi connectivity index (χ0v) is 18.2. The Labute approximate surface area is 177 Å². The van der Waals surface area contributed by atoms with Crippen LogP contribution in [-0.4, -0.2) is 55.5 Å². The molecular weight excluding hydrogens is 378 g/mol. The topological polar surface area (TPSA) is 69.3 Å². The Morgan fingerprint density at radius 3 is 2.30 bits per heavy atom. The molecule has 158 valence electrons. The summed E-state index contributed by atoms with van der Waals surface area (Å²) in [5, 5.41) is 18.1. The average Bonchev–Trinajstić information content (AvgIpc) is 2.69. The van der Waals surface area contributed by atoms with Crippen LogP contribution in [0.1, 0.15) is 24.0 Å². The van der Waals surface area contributed by atoms with Crippen LogP contribution in [0.15, 0.2) is 68.9 Å². The molecule has 3 aromatic rings. The van der Waals surface area contributed by atoms with Gasteiger partial charge in [0.1, 0.15) is 11.3 Å². The van der Waals surface area contributed by atoms with E-state index in [0.717, 1.165) is 11.3 Å². The van der Waals surface area contributed by atoms with Crippen LogP contribution in [0.3, 0.4) is 0 Å². The SMILES string of the molecule is C/C(=N\N(C)C)[C@H](CN(C)C)[C@@H](c1ccccc1)c1c(O)c2ccccc2oc1=O. The number of benzene rings is 2. The Morgan fingerprint density at radius 1 is 1.03 bits per heavy atom. The predicted octanol–water partition coefficient (Wildman–Crippen LogP) is 3.75. The first kappa shape index (κ1) is 21.6. The molecule has 0 aliphatic rings. The molecule has 0 spiro atoms. The van der Waals surface area contributed by atoms with Crippen LogP contribution in [0.25, 0.3) is 11.0 Å². The van der Waals surface area contributed by atoms with Crippen molar-refractivity contribution in [3.63, 3.8) is 0 Å². The predicted molar refractivity (Wildman–Crippen MR) is 121 cm³/mol. The van der Waals surface area contributed by atoms with E-state index in [9.17, 15) is 9.90 Å². The quantitative estimate of drug-likeness (QED) is 0.367. The summed E-state index contributed by atoms with van der Waals surface area (Å²) in [5.41, 5.74) is 1.91. The summed E-state index contributed by atoms with van der Waals surface area (Å²) in [7, 11) is 7.71. The Balaban J connectivity index is 2.31. The molecule has 0 aliphatic heterocycles. The molecule has 1 heterocycles. The van der Waals surface area contributed by atoms with E-state index in [4.69, 9.17) is 4.42 Å². The normalized spacial score (nSPS) is 14.1. The molecule has 2 atom stereocenters. The van der Waals surface area contributed by atoms with Gasteiger partial charge in [0.25, 0.3) is 0 Å². The van der Waals surface area contributed by atoms with Crippen LogP contribution >= 0.6 is 0 Å². The Kier molecular flexibility index (Phi) is 6.57. The number of hydrazone groups is 1. The van der Waals surface area contributed by atoms with Crippen molar-refractivity contribution < 1.29 is 9.52 Å². The van der Waals surface area contributed by atoms with E-state index in [1.165, 1.54) is 0 Å². The molecule has 0 fully saturated rings. The number of fused-ring (bicyclic) bond motifs is 1. The standard InChI is InChI=1S/C24H29N3O3/c1-16(25-27(4)5)19(15-26(2)3)21(17-11-7-6-8-12-17)22-23(28)18-13-9-10-14-20(18)30-24(22)29/h6-14,19,21,28H,15H2,1-5H3/b25-16+/t19-,21+/m0/s1. The number of hydrogen-bond acceptors (Lipinski definition) is 6. The monoisotopic (exact) mass is 407 g/mol.